The molecule has 1 heterocycles. The number of aryl methyl sites for hydroxylation is 2. The third-order valence-corrected chi connectivity index (χ3v) is 5.35. The van der Waals surface area contributed by atoms with Gasteiger partial charge in [-0.3, -0.25) is 10.2 Å². The van der Waals surface area contributed by atoms with E-state index in [-0.39, 0.29) is 11.9 Å². The molecule has 2 aliphatic rings. The smallest absolute Gasteiger partial charge is 0.241 e. The topological polar surface area (TPSA) is 41.6 Å². The molecule has 134 valence electrons. The second-order valence-electron chi connectivity index (χ2n) is 6.97. The molecule has 4 rings (SSSR count). The molecule has 1 amide bonds. The van der Waals surface area contributed by atoms with Crippen LogP contribution in [0, 0.1) is 6.92 Å². The first-order valence-corrected chi connectivity index (χ1v) is 9.18. The van der Waals surface area contributed by atoms with Crippen LogP contribution in [0.15, 0.2) is 48.0 Å². The van der Waals surface area contributed by atoms with Crippen LogP contribution in [0.5, 0.6) is 5.75 Å². The number of amides is 1. The number of carbonyl (C=O) groups is 1. The third kappa shape index (κ3) is 2.66. The fourth-order valence-electron chi connectivity index (χ4n) is 3.94. The molecule has 4 heteroatoms. The highest BCUT2D eigenvalue weighted by Crippen LogP contribution is 2.44. The quantitative estimate of drug-likeness (QED) is 0.906. The van der Waals surface area contributed by atoms with E-state index in [1.54, 1.807) is 7.11 Å². The Balaban J connectivity index is 1.81. The summed E-state index contributed by atoms with van der Waals surface area (Å²) in [5, 5.41) is 1.81. The van der Waals surface area contributed by atoms with Gasteiger partial charge in [0.25, 0.3) is 0 Å². The minimum absolute atomic E-state index is 0.0340. The van der Waals surface area contributed by atoms with Crippen LogP contribution in [-0.2, 0) is 11.2 Å². The fraction of sp³-hybridized carbons (Fsp3) is 0.318. The lowest BCUT2D eigenvalue weighted by atomic mass is 9.85. The van der Waals surface area contributed by atoms with Gasteiger partial charge in [0.1, 0.15) is 11.8 Å². The van der Waals surface area contributed by atoms with Crippen molar-refractivity contribution in [2.24, 2.45) is 0 Å². The standard InChI is InChI=1S/C22H24N2O2/c1-4-20(25)24-22(15-7-5-14(2)6-8-15)19-11-9-16-13-17(26-3)10-12-18(16)21(19)23-24/h5-8,10,12-13,22-23H,4,9,11H2,1-3H3. The van der Waals surface area contributed by atoms with Gasteiger partial charge in [-0.1, -0.05) is 36.8 Å². The van der Waals surface area contributed by atoms with E-state index in [0.29, 0.717) is 6.42 Å². The van der Waals surface area contributed by atoms with Gasteiger partial charge in [-0.15, -0.1) is 0 Å². The number of nitrogens with zero attached hydrogens (tertiary/aromatic N) is 1. The SMILES string of the molecule is CCC(=O)N1NC2=C(CCc3cc(OC)ccc32)C1c1ccc(C)cc1. The molecule has 0 saturated carbocycles. The first-order valence-electron chi connectivity index (χ1n) is 9.18. The highest BCUT2D eigenvalue weighted by molar-refractivity contribution is 5.83. The molecule has 1 aliphatic heterocycles. The van der Waals surface area contributed by atoms with Crippen molar-refractivity contribution in [1.29, 1.82) is 0 Å². The van der Waals surface area contributed by atoms with E-state index in [1.165, 1.54) is 22.3 Å². The molecule has 26 heavy (non-hydrogen) atoms. The number of fused-ring (bicyclic) bond motifs is 2. The largest absolute Gasteiger partial charge is 0.497 e. The van der Waals surface area contributed by atoms with Crippen molar-refractivity contribution in [2.45, 2.75) is 39.2 Å². The normalized spacial score (nSPS) is 18.3. The second kappa shape index (κ2) is 6.52. The van der Waals surface area contributed by atoms with Gasteiger partial charge in [-0.2, -0.15) is 0 Å². The zero-order valence-corrected chi connectivity index (χ0v) is 15.5. The van der Waals surface area contributed by atoms with E-state index < -0.39 is 0 Å². The van der Waals surface area contributed by atoms with Gasteiger partial charge >= 0.3 is 0 Å². The van der Waals surface area contributed by atoms with E-state index in [0.717, 1.165) is 29.9 Å². The van der Waals surface area contributed by atoms with Gasteiger partial charge < -0.3 is 4.74 Å². The summed E-state index contributed by atoms with van der Waals surface area (Å²) in [5.41, 5.74) is 10.6. The molecule has 0 saturated heterocycles. The van der Waals surface area contributed by atoms with Crippen LogP contribution in [0.1, 0.15) is 48.1 Å². The minimum Gasteiger partial charge on any atom is -0.497 e. The number of carbonyl (C=O) groups excluding carboxylic acids is 1. The number of methoxy groups -OCH3 is 1. The number of rotatable bonds is 3. The summed E-state index contributed by atoms with van der Waals surface area (Å²) in [7, 11) is 1.69. The number of ether oxygens (including phenoxy) is 1. The van der Waals surface area contributed by atoms with Crippen molar-refractivity contribution >= 4 is 11.6 Å². The van der Waals surface area contributed by atoms with E-state index in [2.05, 4.69) is 48.7 Å². The molecule has 0 bridgehead atoms. The Kier molecular flexibility index (Phi) is 4.19. The van der Waals surface area contributed by atoms with Crippen LogP contribution in [-0.4, -0.2) is 18.0 Å². The number of benzene rings is 2. The van der Waals surface area contributed by atoms with Crippen LogP contribution in [0.4, 0.5) is 0 Å². The van der Waals surface area contributed by atoms with Crippen molar-refractivity contribution in [1.82, 2.24) is 10.4 Å². The molecule has 2 aromatic carbocycles. The van der Waals surface area contributed by atoms with Crippen molar-refractivity contribution in [3.8, 4) is 5.75 Å². The van der Waals surface area contributed by atoms with Crippen molar-refractivity contribution in [3.05, 3.63) is 70.3 Å². The van der Waals surface area contributed by atoms with E-state index in [1.807, 2.05) is 18.0 Å². The van der Waals surface area contributed by atoms with Gasteiger partial charge in [0.05, 0.1) is 12.8 Å². The first-order chi connectivity index (χ1) is 12.6. The zero-order chi connectivity index (χ0) is 18.3. The Labute approximate surface area is 154 Å². The Bertz CT molecular complexity index is 884. The Morgan fingerprint density at radius 3 is 2.65 bits per heavy atom. The predicted molar refractivity (Wildman–Crippen MR) is 102 cm³/mol. The lowest BCUT2D eigenvalue weighted by Gasteiger charge is -2.26. The maximum atomic E-state index is 12.6. The lowest BCUT2D eigenvalue weighted by molar-refractivity contribution is -0.134. The van der Waals surface area contributed by atoms with Crippen LogP contribution in [0.25, 0.3) is 5.70 Å². The number of hydrogen-bond acceptors (Lipinski definition) is 3. The number of hydrazine groups is 1. The maximum Gasteiger partial charge on any atom is 0.241 e. The summed E-state index contributed by atoms with van der Waals surface area (Å²) in [5.74, 6) is 0.988. The summed E-state index contributed by atoms with van der Waals surface area (Å²) < 4.78 is 5.37. The first kappa shape index (κ1) is 16.7. The molecule has 1 atom stereocenters. The van der Waals surface area contributed by atoms with Crippen LogP contribution in [0.2, 0.25) is 0 Å². The lowest BCUT2D eigenvalue weighted by Crippen LogP contribution is -2.39. The van der Waals surface area contributed by atoms with Crippen LogP contribution in [0.3, 0.4) is 0 Å². The monoisotopic (exact) mass is 348 g/mol. The van der Waals surface area contributed by atoms with E-state index >= 15 is 0 Å². The molecule has 0 spiro atoms. The minimum atomic E-state index is -0.0340. The summed E-state index contributed by atoms with van der Waals surface area (Å²) in [6, 6.07) is 14.7. The highest BCUT2D eigenvalue weighted by atomic mass is 16.5. The van der Waals surface area contributed by atoms with Crippen molar-refractivity contribution in [3.63, 3.8) is 0 Å². The fourth-order valence-corrected chi connectivity index (χ4v) is 3.94. The van der Waals surface area contributed by atoms with Gasteiger partial charge in [-0.25, -0.2) is 5.01 Å². The molecule has 1 N–H and O–H groups in total. The summed E-state index contributed by atoms with van der Waals surface area (Å²) >= 11 is 0. The molecule has 4 nitrogen and oxygen atoms in total. The van der Waals surface area contributed by atoms with Gasteiger partial charge in [0, 0.05) is 12.0 Å². The molecular formula is C22H24N2O2. The number of hydrogen-bond donors (Lipinski definition) is 1. The van der Waals surface area contributed by atoms with Crippen molar-refractivity contribution in [2.75, 3.05) is 7.11 Å². The molecule has 0 fully saturated rings. The average Bonchev–Trinajstić information content (AvgIpc) is 3.07. The maximum absolute atomic E-state index is 12.6. The van der Waals surface area contributed by atoms with E-state index in [4.69, 9.17) is 4.74 Å². The van der Waals surface area contributed by atoms with E-state index in [9.17, 15) is 4.79 Å². The zero-order valence-electron chi connectivity index (χ0n) is 15.5. The predicted octanol–water partition coefficient (Wildman–Crippen LogP) is 4.16. The van der Waals surface area contributed by atoms with Gasteiger partial charge in [0.15, 0.2) is 0 Å². The summed E-state index contributed by atoms with van der Waals surface area (Å²) in [6.45, 7) is 3.99. The molecule has 1 aliphatic carbocycles. The van der Waals surface area contributed by atoms with Crippen LogP contribution >= 0.6 is 0 Å². The molecule has 0 radical (unpaired) electrons. The van der Waals surface area contributed by atoms with Gasteiger partial charge in [-0.05, 0) is 54.7 Å². The average molecular weight is 348 g/mol. The molecule has 0 aromatic heterocycles. The van der Waals surface area contributed by atoms with Gasteiger partial charge in [0.2, 0.25) is 5.91 Å². The molecular weight excluding hydrogens is 324 g/mol. The Morgan fingerprint density at radius 2 is 1.96 bits per heavy atom. The summed E-state index contributed by atoms with van der Waals surface area (Å²) in [4.78, 5) is 12.6. The number of nitrogens with one attached hydrogen (secondary N) is 1. The van der Waals surface area contributed by atoms with Crippen LogP contribution < -0.4 is 10.2 Å². The Hall–Kier alpha value is -2.75. The second-order valence-corrected chi connectivity index (χ2v) is 6.97. The molecule has 1 unspecified atom stereocenters. The Morgan fingerprint density at radius 1 is 1.19 bits per heavy atom. The summed E-state index contributed by atoms with van der Waals surface area (Å²) in [6.07, 6.45) is 2.38. The highest BCUT2D eigenvalue weighted by Gasteiger charge is 2.38. The van der Waals surface area contributed by atoms with Crippen molar-refractivity contribution < 1.29 is 9.53 Å². The molecule has 2 aromatic rings. The third-order valence-electron chi connectivity index (χ3n) is 5.35.